The number of rotatable bonds is 8. The van der Waals surface area contributed by atoms with Gasteiger partial charge >= 0.3 is 0 Å². The highest BCUT2D eigenvalue weighted by Crippen LogP contribution is 2.36. The van der Waals surface area contributed by atoms with Gasteiger partial charge in [0.15, 0.2) is 5.16 Å². The lowest BCUT2D eigenvalue weighted by atomic mass is 10.2. The molecular weight excluding hydrogens is 436 g/mol. The maximum atomic E-state index is 13.0. The van der Waals surface area contributed by atoms with E-state index < -0.39 is 0 Å². The Bertz CT molecular complexity index is 1170. The van der Waals surface area contributed by atoms with E-state index in [4.69, 9.17) is 9.72 Å². The van der Waals surface area contributed by atoms with Crippen LogP contribution in [0.25, 0.3) is 10.9 Å². The zero-order chi connectivity index (χ0) is 22.6. The van der Waals surface area contributed by atoms with Crippen molar-refractivity contribution in [2.45, 2.75) is 24.0 Å². The van der Waals surface area contributed by atoms with Gasteiger partial charge in [-0.25, -0.2) is 4.98 Å². The molecule has 2 aromatic carbocycles. The molecule has 1 aliphatic carbocycles. The summed E-state index contributed by atoms with van der Waals surface area (Å²) >= 11 is 1.39. The molecule has 2 aliphatic rings. The van der Waals surface area contributed by atoms with Crippen molar-refractivity contribution in [3.8, 4) is 5.75 Å². The van der Waals surface area contributed by atoms with Crippen LogP contribution in [0.4, 0.5) is 0 Å². The molecule has 2 fully saturated rings. The monoisotopic (exact) mass is 464 g/mol. The Hall–Kier alpha value is -2.84. The van der Waals surface area contributed by atoms with Crippen molar-refractivity contribution >= 4 is 28.6 Å². The summed E-state index contributed by atoms with van der Waals surface area (Å²) in [6.45, 7) is 4.60. The normalized spacial score (nSPS) is 16.8. The minimum atomic E-state index is 0.00406. The van der Waals surface area contributed by atoms with Gasteiger partial charge in [-0.2, -0.15) is 0 Å². The first-order valence-electron chi connectivity index (χ1n) is 11.5. The fourth-order valence-corrected chi connectivity index (χ4v) is 5.10. The lowest BCUT2D eigenvalue weighted by molar-refractivity contribution is -0.130. The van der Waals surface area contributed by atoms with E-state index in [1.165, 1.54) is 11.8 Å². The molecule has 0 bridgehead atoms. The summed E-state index contributed by atoms with van der Waals surface area (Å²) in [7, 11) is 0. The number of amides is 1. The number of aromatic nitrogens is 2. The van der Waals surface area contributed by atoms with Gasteiger partial charge in [0.05, 0.1) is 16.7 Å². The third-order valence-electron chi connectivity index (χ3n) is 6.16. The second-order valence-electron chi connectivity index (χ2n) is 8.49. The first-order chi connectivity index (χ1) is 16.2. The highest BCUT2D eigenvalue weighted by atomic mass is 32.2. The van der Waals surface area contributed by atoms with Gasteiger partial charge in [0.25, 0.3) is 5.56 Å². The average Bonchev–Trinajstić information content (AvgIpc) is 3.69. The number of benzene rings is 2. The second-order valence-corrected chi connectivity index (χ2v) is 9.43. The Kier molecular flexibility index (Phi) is 6.64. The highest BCUT2D eigenvalue weighted by Gasteiger charge is 2.29. The first kappa shape index (κ1) is 22.0. The molecule has 2 heterocycles. The van der Waals surface area contributed by atoms with Crippen LogP contribution in [0.3, 0.4) is 0 Å². The molecule has 0 spiro atoms. The number of para-hydroxylation sites is 2. The number of thioether (sulfide) groups is 1. The van der Waals surface area contributed by atoms with Crippen LogP contribution in [-0.2, 0) is 4.79 Å². The molecule has 1 aliphatic heterocycles. The summed E-state index contributed by atoms with van der Waals surface area (Å²) in [5.74, 6) is 1.29. The van der Waals surface area contributed by atoms with Crippen molar-refractivity contribution in [3.63, 3.8) is 0 Å². The third kappa shape index (κ3) is 5.23. The van der Waals surface area contributed by atoms with E-state index >= 15 is 0 Å². The highest BCUT2D eigenvalue weighted by molar-refractivity contribution is 7.99. The lowest BCUT2D eigenvalue weighted by Gasteiger charge is -2.34. The average molecular weight is 465 g/mol. The molecule has 1 saturated carbocycles. The minimum absolute atomic E-state index is 0.00406. The molecule has 0 radical (unpaired) electrons. The van der Waals surface area contributed by atoms with Crippen LogP contribution in [0.5, 0.6) is 5.75 Å². The Morgan fingerprint density at radius 2 is 1.73 bits per heavy atom. The van der Waals surface area contributed by atoms with Crippen molar-refractivity contribution in [3.05, 3.63) is 65.0 Å². The van der Waals surface area contributed by atoms with Crippen molar-refractivity contribution in [1.29, 1.82) is 0 Å². The molecule has 1 saturated heterocycles. The summed E-state index contributed by atoms with van der Waals surface area (Å²) in [5.41, 5.74) is 0.699. The topological polar surface area (TPSA) is 67.7 Å². The fourth-order valence-electron chi connectivity index (χ4n) is 4.13. The van der Waals surface area contributed by atoms with Crippen LogP contribution in [-0.4, -0.2) is 70.3 Å². The number of carbonyl (C=O) groups excluding carboxylic acids is 1. The van der Waals surface area contributed by atoms with Gasteiger partial charge in [0, 0.05) is 38.8 Å². The number of carbonyl (C=O) groups is 1. The van der Waals surface area contributed by atoms with E-state index in [0.29, 0.717) is 41.5 Å². The minimum Gasteiger partial charge on any atom is -0.492 e. The molecule has 0 N–H and O–H groups in total. The van der Waals surface area contributed by atoms with Gasteiger partial charge in [0.1, 0.15) is 12.4 Å². The molecule has 3 aromatic rings. The first-order valence-corrected chi connectivity index (χ1v) is 12.5. The third-order valence-corrected chi connectivity index (χ3v) is 7.09. The number of nitrogens with zero attached hydrogens (tertiary/aromatic N) is 4. The van der Waals surface area contributed by atoms with Crippen molar-refractivity contribution < 1.29 is 9.53 Å². The predicted molar refractivity (Wildman–Crippen MR) is 130 cm³/mol. The number of hydrogen-bond acceptors (Lipinski definition) is 6. The van der Waals surface area contributed by atoms with E-state index in [2.05, 4.69) is 4.90 Å². The van der Waals surface area contributed by atoms with Gasteiger partial charge < -0.3 is 9.64 Å². The molecule has 5 rings (SSSR count). The number of piperazine rings is 1. The molecule has 7 nitrogen and oxygen atoms in total. The fraction of sp³-hybridized carbons (Fsp3) is 0.400. The van der Waals surface area contributed by atoms with Crippen molar-refractivity contribution in [2.24, 2.45) is 0 Å². The van der Waals surface area contributed by atoms with Gasteiger partial charge in [-0.3, -0.25) is 19.1 Å². The summed E-state index contributed by atoms with van der Waals surface area (Å²) in [5, 5.41) is 1.30. The summed E-state index contributed by atoms with van der Waals surface area (Å²) in [4.78, 5) is 34.8. The number of ether oxygens (including phenoxy) is 1. The summed E-state index contributed by atoms with van der Waals surface area (Å²) < 4.78 is 7.58. The molecule has 0 unspecified atom stereocenters. The quantitative estimate of drug-likeness (QED) is 0.377. The summed E-state index contributed by atoms with van der Waals surface area (Å²) in [6, 6.07) is 17.5. The van der Waals surface area contributed by atoms with E-state index in [9.17, 15) is 9.59 Å². The van der Waals surface area contributed by atoms with Crippen LogP contribution in [0, 0.1) is 0 Å². The van der Waals surface area contributed by atoms with Gasteiger partial charge in [0.2, 0.25) is 5.91 Å². The van der Waals surface area contributed by atoms with Crippen molar-refractivity contribution in [2.75, 3.05) is 45.1 Å². The molecule has 1 aromatic heterocycles. The smallest absolute Gasteiger partial charge is 0.262 e. The van der Waals surface area contributed by atoms with Crippen LogP contribution in [0.2, 0.25) is 0 Å². The number of fused-ring (bicyclic) bond motifs is 1. The zero-order valence-electron chi connectivity index (χ0n) is 18.6. The van der Waals surface area contributed by atoms with E-state index in [-0.39, 0.29) is 17.5 Å². The molecule has 0 atom stereocenters. The van der Waals surface area contributed by atoms with E-state index in [1.54, 1.807) is 4.57 Å². The Morgan fingerprint density at radius 3 is 2.48 bits per heavy atom. The molecule has 8 heteroatoms. The summed E-state index contributed by atoms with van der Waals surface area (Å²) in [6.07, 6.45) is 1.99. The standard InChI is InChI=1S/C25H28N4O3S/c30-23(28-14-12-27(13-15-28)16-17-32-20-6-2-1-3-7-20)18-33-25-26-22-9-5-4-8-21(22)24(31)29(25)19-10-11-19/h1-9,19H,10-18H2. The molecule has 172 valence electrons. The largest absolute Gasteiger partial charge is 0.492 e. The Labute approximate surface area is 197 Å². The van der Waals surface area contributed by atoms with Crippen molar-refractivity contribution in [1.82, 2.24) is 19.4 Å². The van der Waals surface area contributed by atoms with Gasteiger partial charge in [-0.1, -0.05) is 42.1 Å². The Balaban J connectivity index is 1.14. The Morgan fingerprint density at radius 1 is 1.00 bits per heavy atom. The number of hydrogen-bond donors (Lipinski definition) is 0. The molecular formula is C25H28N4O3S. The SMILES string of the molecule is O=C(CSc1nc2ccccc2c(=O)n1C1CC1)N1CCN(CCOc2ccccc2)CC1. The lowest BCUT2D eigenvalue weighted by Crippen LogP contribution is -2.50. The van der Waals surface area contributed by atoms with Crippen LogP contribution >= 0.6 is 11.8 Å². The van der Waals surface area contributed by atoms with Gasteiger partial charge in [-0.15, -0.1) is 0 Å². The molecule has 33 heavy (non-hydrogen) atoms. The maximum absolute atomic E-state index is 13.0. The zero-order valence-corrected chi connectivity index (χ0v) is 19.4. The van der Waals surface area contributed by atoms with E-state index in [1.807, 2.05) is 59.5 Å². The predicted octanol–water partition coefficient (Wildman–Crippen LogP) is 3.05. The van der Waals surface area contributed by atoms with Crippen LogP contribution in [0.1, 0.15) is 18.9 Å². The second kappa shape index (κ2) is 9.97. The van der Waals surface area contributed by atoms with Crippen LogP contribution < -0.4 is 10.3 Å². The van der Waals surface area contributed by atoms with Crippen LogP contribution in [0.15, 0.2) is 64.5 Å². The maximum Gasteiger partial charge on any atom is 0.262 e. The van der Waals surface area contributed by atoms with E-state index in [0.717, 1.165) is 38.2 Å². The van der Waals surface area contributed by atoms with Gasteiger partial charge in [-0.05, 0) is 37.1 Å². The molecule has 1 amide bonds.